The van der Waals surface area contributed by atoms with Gasteiger partial charge in [0.2, 0.25) is 0 Å². The third-order valence-electron chi connectivity index (χ3n) is 3.94. The van der Waals surface area contributed by atoms with Crippen LogP contribution < -0.4 is 5.73 Å². The largest absolute Gasteiger partial charge is 0.370 e. The maximum Gasteiger partial charge on any atom is 0.191 e. The van der Waals surface area contributed by atoms with Crippen LogP contribution in [0, 0.1) is 0 Å². The molecule has 2 N–H and O–H groups in total. The normalized spacial score (nSPS) is 23.4. The zero-order valence-corrected chi connectivity index (χ0v) is 12.8. The maximum absolute atomic E-state index is 6.05. The van der Waals surface area contributed by atoms with E-state index in [0.717, 1.165) is 32.0 Å². The van der Waals surface area contributed by atoms with Crippen LogP contribution in [-0.2, 0) is 0 Å². The third-order valence-corrected chi connectivity index (χ3v) is 4.88. The van der Waals surface area contributed by atoms with Crippen LogP contribution in [-0.4, -0.2) is 66.5 Å². The van der Waals surface area contributed by atoms with Crippen molar-refractivity contribution < 1.29 is 0 Å². The number of guanidine groups is 1. The number of likely N-dealkylation sites (tertiary alicyclic amines) is 1. The Kier molecular flexibility index (Phi) is 6.85. The Morgan fingerprint density at radius 2 is 1.68 bits per heavy atom. The van der Waals surface area contributed by atoms with E-state index in [9.17, 15) is 0 Å². The summed E-state index contributed by atoms with van der Waals surface area (Å²) in [6.45, 7) is 6.75. The molecule has 2 saturated heterocycles. The van der Waals surface area contributed by atoms with Crippen LogP contribution in [0.25, 0.3) is 0 Å². The van der Waals surface area contributed by atoms with E-state index >= 15 is 0 Å². The quantitative estimate of drug-likeness (QED) is 0.484. The van der Waals surface area contributed by atoms with Crippen LogP contribution >= 0.6 is 11.8 Å². The second-order valence-corrected chi connectivity index (χ2v) is 6.67. The average Bonchev–Trinajstić information content (AvgIpc) is 2.73. The van der Waals surface area contributed by atoms with Gasteiger partial charge < -0.3 is 15.5 Å². The first-order chi connectivity index (χ1) is 9.36. The molecule has 2 heterocycles. The number of hydrogen-bond acceptors (Lipinski definition) is 3. The van der Waals surface area contributed by atoms with Crippen LogP contribution in [0.4, 0.5) is 0 Å². The van der Waals surface area contributed by atoms with Gasteiger partial charge in [0, 0.05) is 31.1 Å². The molecule has 0 atom stereocenters. The lowest BCUT2D eigenvalue weighted by atomic mass is 10.2. The summed E-state index contributed by atoms with van der Waals surface area (Å²) < 4.78 is 0. The molecule has 2 aliphatic rings. The summed E-state index contributed by atoms with van der Waals surface area (Å²) in [6.07, 6.45) is 6.71. The lowest BCUT2D eigenvalue weighted by Crippen LogP contribution is -2.42. The minimum Gasteiger partial charge on any atom is -0.370 e. The van der Waals surface area contributed by atoms with Gasteiger partial charge in [-0.2, -0.15) is 11.8 Å². The van der Waals surface area contributed by atoms with E-state index < -0.39 is 0 Å². The molecular weight excluding hydrogens is 256 g/mol. The Bertz CT molecular complexity index is 269. The Morgan fingerprint density at radius 3 is 2.37 bits per heavy atom. The molecule has 5 heteroatoms. The minimum absolute atomic E-state index is 0.760. The highest BCUT2D eigenvalue weighted by molar-refractivity contribution is 7.99. The molecule has 0 bridgehead atoms. The maximum atomic E-state index is 6.05. The van der Waals surface area contributed by atoms with Gasteiger partial charge in [-0.1, -0.05) is 12.8 Å². The molecule has 0 saturated carbocycles. The molecule has 0 radical (unpaired) electrons. The summed E-state index contributed by atoms with van der Waals surface area (Å²) in [5.41, 5.74) is 6.05. The van der Waals surface area contributed by atoms with E-state index in [1.807, 2.05) is 11.8 Å². The SMILES string of the molecule is NC(=NCCCN1CCCCCC1)N1CCSCC1. The second-order valence-electron chi connectivity index (χ2n) is 5.45. The second kappa shape index (κ2) is 8.69. The fraction of sp³-hybridized carbons (Fsp3) is 0.929. The highest BCUT2D eigenvalue weighted by atomic mass is 32.2. The standard InChI is InChI=1S/C14H28N4S/c15-14(18-10-12-19-13-11-18)16-6-5-9-17-7-3-1-2-4-8-17/h1-13H2,(H2,15,16). The summed E-state index contributed by atoms with van der Waals surface area (Å²) in [5, 5.41) is 0. The van der Waals surface area contributed by atoms with Crippen LogP contribution in [0.5, 0.6) is 0 Å². The van der Waals surface area contributed by atoms with Crippen molar-refractivity contribution in [3.8, 4) is 0 Å². The molecule has 0 aromatic heterocycles. The van der Waals surface area contributed by atoms with E-state index in [1.165, 1.54) is 56.8 Å². The van der Waals surface area contributed by atoms with Crippen molar-refractivity contribution in [2.24, 2.45) is 10.7 Å². The van der Waals surface area contributed by atoms with Crippen molar-refractivity contribution >= 4 is 17.7 Å². The van der Waals surface area contributed by atoms with Crippen molar-refractivity contribution in [3.63, 3.8) is 0 Å². The predicted molar refractivity (Wildman–Crippen MR) is 84.9 cm³/mol. The molecule has 0 unspecified atom stereocenters. The van der Waals surface area contributed by atoms with Crippen LogP contribution in [0.3, 0.4) is 0 Å². The van der Waals surface area contributed by atoms with Gasteiger partial charge in [0.25, 0.3) is 0 Å². The molecule has 2 rings (SSSR count). The number of thioether (sulfide) groups is 1. The van der Waals surface area contributed by atoms with Gasteiger partial charge in [-0.25, -0.2) is 0 Å². The fourth-order valence-corrected chi connectivity index (χ4v) is 3.64. The van der Waals surface area contributed by atoms with E-state index in [1.54, 1.807) is 0 Å². The predicted octanol–water partition coefficient (Wildman–Crippen LogP) is 1.62. The molecule has 2 aliphatic heterocycles. The molecule has 0 spiro atoms. The van der Waals surface area contributed by atoms with Gasteiger partial charge in [-0.05, 0) is 38.9 Å². The first-order valence-electron chi connectivity index (χ1n) is 7.71. The molecule has 0 aromatic rings. The van der Waals surface area contributed by atoms with Crippen LogP contribution in [0.15, 0.2) is 4.99 Å². The third kappa shape index (κ3) is 5.61. The molecule has 2 fully saturated rings. The van der Waals surface area contributed by atoms with E-state index in [0.29, 0.717) is 0 Å². The number of nitrogens with zero attached hydrogens (tertiary/aromatic N) is 3. The number of hydrogen-bond donors (Lipinski definition) is 1. The van der Waals surface area contributed by atoms with Gasteiger partial charge in [-0.3, -0.25) is 4.99 Å². The van der Waals surface area contributed by atoms with Crippen LogP contribution in [0.2, 0.25) is 0 Å². The highest BCUT2D eigenvalue weighted by Crippen LogP contribution is 2.10. The summed E-state index contributed by atoms with van der Waals surface area (Å²) in [5.74, 6) is 3.13. The van der Waals surface area contributed by atoms with Gasteiger partial charge in [-0.15, -0.1) is 0 Å². The Balaban J connectivity index is 1.61. The zero-order valence-electron chi connectivity index (χ0n) is 12.0. The molecule has 4 nitrogen and oxygen atoms in total. The number of rotatable bonds is 4. The van der Waals surface area contributed by atoms with Crippen molar-refractivity contribution in [2.75, 3.05) is 50.8 Å². The number of aliphatic imine (C=N–C) groups is 1. The van der Waals surface area contributed by atoms with Crippen LogP contribution in [0.1, 0.15) is 32.1 Å². The van der Waals surface area contributed by atoms with Crippen molar-refractivity contribution in [2.45, 2.75) is 32.1 Å². The minimum atomic E-state index is 0.760. The van der Waals surface area contributed by atoms with Crippen molar-refractivity contribution in [1.29, 1.82) is 0 Å². The van der Waals surface area contributed by atoms with Gasteiger partial charge in [0.05, 0.1) is 0 Å². The number of nitrogens with two attached hydrogens (primary N) is 1. The highest BCUT2D eigenvalue weighted by Gasteiger charge is 2.12. The van der Waals surface area contributed by atoms with Crippen molar-refractivity contribution in [3.05, 3.63) is 0 Å². The van der Waals surface area contributed by atoms with E-state index in [4.69, 9.17) is 5.73 Å². The Labute approximate surface area is 121 Å². The smallest absolute Gasteiger partial charge is 0.191 e. The van der Waals surface area contributed by atoms with Gasteiger partial charge in [0.15, 0.2) is 5.96 Å². The Morgan fingerprint density at radius 1 is 1.00 bits per heavy atom. The Hall–Kier alpha value is -0.420. The summed E-state index contributed by atoms with van der Waals surface area (Å²) in [7, 11) is 0. The summed E-state index contributed by atoms with van der Waals surface area (Å²) >= 11 is 2.01. The van der Waals surface area contributed by atoms with Gasteiger partial charge >= 0.3 is 0 Å². The average molecular weight is 284 g/mol. The van der Waals surface area contributed by atoms with E-state index in [2.05, 4.69) is 14.8 Å². The molecule has 110 valence electrons. The first-order valence-corrected chi connectivity index (χ1v) is 8.87. The summed E-state index contributed by atoms with van der Waals surface area (Å²) in [6, 6.07) is 0. The monoisotopic (exact) mass is 284 g/mol. The zero-order chi connectivity index (χ0) is 13.3. The first kappa shape index (κ1) is 15.0. The van der Waals surface area contributed by atoms with E-state index in [-0.39, 0.29) is 0 Å². The fourth-order valence-electron chi connectivity index (χ4n) is 2.74. The molecule has 0 amide bonds. The molecular formula is C14H28N4S. The summed E-state index contributed by atoms with van der Waals surface area (Å²) in [4.78, 5) is 9.36. The molecule has 0 aliphatic carbocycles. The molecule has 0 aromatic carbocycles. The topological polar surface area (TPSA) is 44.9 Å². The lowest BCUT2D eigenvalue weighted by molar-refractivity contribution is 0.283. The lowest BCUT2D eigenvalue weighted by Gasteiger charge is -2.27. The molecule has 19 heavy (non-hydrogen) atoms. The van der Waals surface area contributed by atoms with Crippen molar-refractivity contribution in [1.82, 2.24) is 9.80 Å². The van der Waals surface area contributed by atoms with Gasteiger partial charge in [0.1, 0.15) is 0 Å².